The zero-order valence-electron chi connectivity index (χ0n) is 10.9. The molecule has 0 aliphatic carbocycles. The van der Waals surface area contributed by atoms with Gasteiger partial charge in [0.05, 0.1) is 12.2 Å². The largest absolute Gasteiger partial charge is 0.493 e. The van der Waals surface area contributed by atoms with Crippen molar-refractivity contribution in [1.82, 2.24) is 4.98 Å². The van der Waals surface area contributed by atoms with Gasteiger partial charge in [-0.25, -0.2) is 0 Å². The Balaban J connectivity index is 2.58. The van der Waals surface area contributed by atoms with Crippen LogP contribution in [-0.2, 0) is 4.74 Å². The Morgan fingerprint density at radius 3 is 2.89 bits per heavy atom. The molecule has 0 atom stereocenters. The number of ether oxygens (including phenoxy) is 2. The molecule has 0 bridgehead atoms. The molecular weight excluding hydrogens is 234 g/mol. The Hall–Kier alpha value is -1.82. The summed E-state index contributed by atoms with van der Waals surface area (Å²) in [5.74, 6) is 0.580. The first-order valence-corrected chi connectivity index (χ1v) is 5.60. The molecule has 1 aromatic rings. The van der Waals surface area contributed by atoms with Crippen molar-refractivity contribution >= 4 is 5.84 Å². The fraction of sp³-hybridized carbons (Fsp3) is 0.500. The quantitative estimate of drug-likeness (QED) is 0.346. The fourth-order valence-electron chi connectivity index (χ4n) is 1.21. The normalized spacial score (nSPS) is 12.5. The molecule has 0 unspecified atom stereocenters. The molecular formula is C12H19N3O3. The lowest BCUT2D eigenvalue weighted by Gasteiger charge is -2.22. The van der Waals surface area contributed by atoms with E-state index in [0.29, 0.717) is 18.1 Å². The number of nitrogens with zero attached hydrogens (tertiary/aromatic N) is 2. The number of hydrogen-bond acceptors (Lipinski definition) is 5. The number of oxime groups is 1. The van der Waals surface area contributed by atoms with Crippen LogP contribution in [0.4, 0.5) is 0 Å². The van der Waals surface area contributed by atoms with Crippen molar-refractivity contribution in [2.45, 2.75) is 25.9 Å². The van der Waals surface area contributed by atoms with Gasteiger partial charge < -0.3 is 20.4 Å². The second-order valence-electron chi connectivity index (χ2n) is 4.42. The molecule has 18 heavy (non-hydrogen) atoms. The second kappa shape index (κ2) is 6.20. The molecule has 0 aliphatic rings. The first-order valence-electron chi connectivity index (χ1n) is 5.60. The van der Waals surface area contributed by atoms with E-state index >= 15 is 0 Å². The van der Waals surface area contributed by atoms with Crippen molar-refractivity contribution < 1.29 is 14.7 Å². The van der Waals surface area contributed by atoms with Crippen molar-refractivity contribution in [3.8, 4) is 5.75 Å². The summed E-state index contributed by atoms with van der Waals surface area (Å²) in [6.45, 7) is 4.50. The van der Waals surface area contributed by atoms with Gasteiger partial charge in [0.2, 0.25) is 0 Å². The Bertz CT molecular complexity index is 419. The lowest BCUT2D eigenvalue weighted by Crippen LogP contribution is -2.25. The van der Waals surface area contributed by atoms with E-state index in [9.17, 15) is 0 Å². The van der Waals surface area contributed by atoms with Gasteiger partial charge in [0, 0.05) is 25.8 Å². The molecule has 6 nitrogen and oxygen atoms in total. The van der Waals surface area contributed by atoms with Crippen molar-refractivity contribution in [1.29, 1.82) is 0 Å². The summed E-state index contributed by atoms with van der Waals surface area (Å²) in [5, 5.41) is 11.4. The van der Waals surface area contributed by atoms with Crippen LogP contribution in [0.2, 0.25) is 0 Å². The summed E-state index contributed by atoms with van der Waals surface area (Å²) < 4.78 is 10.9. The maximum absolute atomic E-state index is 8.56. The second-order valence-corrected chi connectivity index (χ2v) is 4.42. The summed E-state index contributed by atoms with van der Waals surface area (Å²) >= 11 is 0. The third kappa shape index (κ3) is 4.21. The third-order valence-corrected chi connectivity index (χ3v) is 2.63. The minimum absolute atomic E-state index is 0.0438. The van der Waals surface area contributed by atoms with Crippen LogP contribution in [0.1, 0.15) is 26.0 Å². The Morgan fingerprint density at radius 2 is 2.28 bits per heavy atom. The molecule has 0 amide bonds. The molecule has 0 saturated carbocycles. The van der Waals surface area contributed by atoms with E-state index in [1.807, 2.05) is 13.8 Å². The minimum atomic E-state index is -0.221. The van der Waals surface area contributed by atoms with Crippen LogP contribution in [0.5, 0.6) is 5.75 Å². The van der Waals surface area contributed by atoms with Gasteiger partial charge in [0.25, 0.3) is 0 Å². The molecule has 1 aromatic heterocycles. The number of pyridine rings is 1. The highest BCUT2D eigenvalue weighted by Gasteiger charge is 2.16. The van der Waals surface area contributed by atoms with Crippen LogP contribution in [-0.4, -0.2) is 35.3 Å². The zero-order valence-corrected chi connectivity index (χ0v) is 10.9. The van der Waals surface area contributed by atoms with Crippen LogP contribution in [0.3, 0.4) is 0 Å². The first-order chi connectivity index (χ1) is 8.48. The minimum Gasteiger partial charge on any atom is -0.493 e. The SMILES string of the molecule is COC(C)(C)CCOc1ccnc(/C(N)=N/O)c1. The maximum Gasteiger partial charge on any atom is 0.188 e. The lowest BCUT2D eigenvalue weighted by molar-refractivity contribution is 0.00545. The van der Waals surface area contributed by atoms with Gasteiger partial charge in [0.1, 0.15) is 11.4 Å². The standard InChI is InChI=1S/C12H19N3O3/c1-12(2,17-3)5-7-18-9-4-6-14-10(8-9)11(13)15-16/h4,6,8,16H,5,7H2,1-3H3,(H2,13,15). The van der Waals surface area contributed by atoms with Gasteiger partial charge in [-0.1, -0.05) is 5.16 Å². The van der Waals surface area contributed by atoms with Crippen molar-refractivity contribution in [3.63, 3.8) is 0 Å². The molecule has 6 heteroatoms. The predicted molar refractivity (Wildman–Crippen MR) is 67.9 cm³/mol. The predicted octanol–water partition coefficient (Wildman–Crippen LogP) is 1.37. The number of rotatable bonds is 6. The number of hydrogen-bond donors (Lipinski definition) is 2. The topological polar surface area (TPSA) is 90.0 Å². The number of nitrogens with two attached hydrogens (primary N) is 1. The van der Waals surface area contributed by atoms with Crippen molar-refractivity contribution in [2.24, 2.45) is 10.9 Å². The number of aromatic nitrogens is 1. The summed E-state index contributed by atoms with van der Waals surface area (Å²) in [4.78, 5) is 3.96. The highest BCUT2D eigenvalue weighted by Crippen LogP contribution is 2.16. The Kier molecular flexibility index (Phi) is 4.91. The number of amidine groups is 1. The van der Waals surface area contributed by atoms with Crippen molar-refractivity contribution in [2.75, 3.05) is 13.7 Å². The van der Waals surface area contributed by atoms with E-state index in [0.717, 1.165) is 6.42 Å². The summed E-state index contributed by atoms with van der Waals surface area (Å²) in [5.41, 5.74) is 5.60. The van der Waals surface area contributed by atoms with E-state index < -0.39 is 0 Å². The van der Waals surface area contributed by atoms with Gasteiger partial charge in [0.15, 0.2) is 5.84 Å². The summed E-state index contributed by atoms with van der Waals surface area (Å²) in [6, 6.07) is 3.34. The Labute approximate surface area is 106 Å². The summed E-state index contributed by atoms with van der Waals surface area (Å²) in [7, 11) is 1.67. The van der Waals surface area contributed by atoms with Gasteiger partial charge in [-0.3, -0.25) is 4.98 Å². The molecule has 1 heterocycles. The van der Waals surface area contributed by atoms with E-state index in [1.165, 1.54) is 0 Å². The van der Waals surface area contributed by atoms with Crippen molar-refractivity contribution in [3.05, 3.63) is 24.0 Å². The zero-order chi connectivity index (χ0) is 13.6. The average molecular weight is 253 g/mol. The van der Waals surface area contributed by atoms with Crippen LogP contribution in [0.15, 0.2) is 23.5 Å². The monoisotopic (exact) mass is 253 g/mol. The molecule has 3 N–H and O–H groups in total. The summed E-state index contributed by atoms with van der Waals surface area (Å²) in [6.07, 6.45) is 2.30. The molecule has 1 rings (SSSR count). The van der Waals surface area contributed by atoms with E-state index in [2.05, 4.69) is 10.1 Å². The highest BCUT2D eigenvalue weighted by molar-refractivity contribution is 5.95. The van der Waals surface area contributed by atoms with Gasteiger partial charge in [-0.15, -0.1) is 0 Å². The van der Waals surface area contributed by atoms with E-state index in [1.54, 1.807) is 25.4 Å². The van der Waals surface area contributed by atoms with Crippen LogP contribution in [0.25, 0.3) is 0 Å². The molecule has 0 saturated heterocycles. The molecule has 0 spiro atoms. The Morgan fingerprint density at radius 1 is 1.56 bits per heavy atom. The van der Waals surface area contributed by atoms with Crippen LogP contribution in [0, 0.1) is 0 Å². The fourth-order valence-corrected chi connectivity index (χ4v) is 1.21. The smallest absolute Gasteiger partial charge is 0.188 e. The van der Waals surface area contributed by atoms with E-state index in [4.69, 9.17) is 20.4 Å². The molecule has 0 aliphatic heterocycles. The lowest BCUT2D eigenvalue weighted by atomic mass is 10.1. The maximum atomic E-state index is 8.56. The van der Waals surface area contributed by atoms with Crippen LogP contribution >= 0.6 is 0 Å². The first kappa shape index (κ1) is 14.2. The molecule has 0 aromatic carbocycles. The van der Waals surface area contributed by atoms with E-state index in [-0.39, 0.29) is 11.4 Å². The molecule has 0 fully saturated rings. The van der Waals surface area contributed by atoms with Gasteiger partial charge in [-0.2, -0.15) is 0 Å². The van der Waals surface area contributed by atoms with Crippen LogP contribution < -0.4 is 10.5 Å². The molecule has 100 valence electrons. The number of methoxy groups -OCH3 is 1. The third-order valence-electron chi connectivity index (χ3n) is 2.63. The average Bonchev–Trinajstić information content (AvgIpc) is 2.38. The molecule has 0 radical (unpaired) electrons. The highest BCUT2D eigenvalue weighted by atomic mass is 16.5. The van der Waals surface area contributed by atoms with Gasteiger partial charge in [-0.05, 0) is 19.9 Å². The van der Waals surface area contributed by atoms with Gasteiger partial charge >= 0.3 is 0 Å².